The molecule has 0 aliphatic heterocycles. The van der Waals surface area contributed by atoms with Crippen molar-refractivity contribution in [1.82, 2.24) is 0 Å². The van der Waals surface area contributed by atoms with E-state index in [1.165, 1.54) is 38.5 Å². The average Bonchev–Trinajstić information content (AvgIpc) is 2.17. The van der Waals surface area contributed by atoms with Crippen molar-refractivity contribution in [3.63, 3.8) is 0 Å². The Labute approximate surface area is 89.3 Å². The van der Waals surface area contributed by atoms with Crippen molar-refractivity contribution in [3.8, 4) is 0 Å². The van der Waals surface area contributed by atoms with Crippen LogP contribution in [-0.4, -0.2) is 6.29 Å². The molecule has 0 aliphatic carbocycles. The van der Waals surface area contributed by atoms with E-state index in [4.69, 9.17) is 0 Å². The van der Waals surface area contributed by atoms with Gasteiger partial charge in [0.1, 0.15) is 6.29 Å². The molecule has 1 nitrogen and oxygen atoms in total. The van der Waals surface area contributed by atoms with Gasteiger partial charge in [0, 0.05) is 5.41 Å². The van der Waals surface area contributed by atoms with Crippen LogP contribution < -0.4 is 0 Å². The maximum atomic E-state index is 10.8. The molecule has 0 bridgehead atoms. The largest absolute Gasteiger partial charge is 0.303 e. The molecular weight excluding hydrogens is 172 g/mol. The molecule has 0 rings (SSSR count). The van der Waals surface area contributed by atoms with Gasteiger partial charge in [-0.15, -0.1) is 0 Å². The summed E-state index contributed by atoms with van der Waals surface area (Å²) in [5.74, 6) is 0.515. The van der Waals surface area contributed by atoms with Crippen molar-refractivity contribution in [2.75, 3.05) is 0 Å². The Morgan fingerprint density at radius 1 is 1.14 bits per heavy atom. The lowest BCUT2D eigenvalue weighted by Gasteiger charge is -2.25. The molecule has 0 N–H and O–H groups in total. The summed E-state index contributed by atoms with van der Waals surface area (Å²) in [6.07, 6.45) is 8.90. The van der Waals surface area contributed by atoms with Crippen LogP contribution in [0.2, 0.25) is 0 Å². The van der Waals surface area contributed by atoms with Gasteiger partial charge in [-0.25, -0.2) is 0 Å². The summed E-state index contributed by atoms with van der Waals surface area (Å²) in [6, 6.07) is 0. The Morgan fingerprint density at radius 3 is 2.21 bits per heavy atom. The summed E-state index contributed by atoms with van der Waals surface area (Å²) in [5, 5.41) is 0. The molecule has 0 saturated carbocycles. The smallest absolute Gasteiger partial charge is 0.125 e. The van der Waals surface area contributed by atoms with Crippen LogP contribution in [0.1, 0.15) is 66.2 Å². The van der Waals surface area contributed by atoms with E-state index >= 15 is 0 Å². The van der Waals surface area contributed by atoms with Crippen LogP contribution in [0, 0.1) is 11.3 Å². The van der Waals surface area contributed by atoms with Crippen LogP contribution in [-0.2, 0) is 4.79 Å². The first-order valence-corrected chi connectivity index (χ1v) is 6.01. The molecule has 1 unspecified atom stereocenters. The zero-order chi connectivity index (χ0) is 11.0. The van der Waals surface area contributed by atoms with E-state index in [0.717, 1.165) is 6.29 Å². The summed E-state index contributed by atoms with van der Waals surface area (Å²) in [7, 11) is 0. The Balaban J connectivity index is 3.53. The van der Waals surface area contributed by atoms with E-state index in [9.17, 15) is 4.79 Å². The minimum absolute atomic E-state index is 0.134. The highest BCUT2D eigenvalue weighted by molar-refractivity contribution is 5.58. The molecule has 14 heavy (non-hydrogen) atoms. The van der Waals surface area contributed by atoms with Gasteiger partial charge in [0.15, 0.2) is 0 Å². The number of carbonyl (C=O) groups is 1. The van der Waals surface area contributed by atoms with Gasteiger partial charge in [-0.3, -0.25) is 0 Å². The van der Waals surface area contributed by atoms with Crippen molar-refractivity contribution in [3.05, 3.63) is 0 Å². The molecule has 0 radical (unpaired) electrons. The molecule has 0 aromatic carbocycles. The van der Waals surface area contributed by atoms with E-state index in [2.05, 4.69) is 13.8 Å². The van der Waals surface area contributed by atoms with Crippen molar-refractivity contribution >= 4 is 6.29 Å². The van der Waals surface area contributed by atoms with Crippen LogP contribution in [0.5, 0.6) is 0 Å². The van der Waals surface area contributed by atoms with Crippen molar-refractivity contribution < 1.29 is 4.79 Å². The quantitative estimate of drug-likeness (QED) is 0.422. The lowest BCUT2D eigenvalue weighted by atomic mass is 9.78. The molecule has 0 aromatic rings. The summed E-state index contributed by atoms with van der Waals surface area (Å²) < 4.78 is 0. The van der Waals surface area contributed by atoms with Gasteiger partial charge >= 0.3 is 0 Å². The van der Waals surface area contributed by atoms with Crippen molar-refractivity contribution in [1.29, 1.82) is 0 Å². The van der Waals surface area contributed by atoms with E-state index < -0.39 is 0 Å². The summed E-state index contributed by atoms with van der Waals surface area (Å²) in [4.78, 5) is 10.8. The Hall–Kier alpha value is -0.330. The lowest BCUT2D eigenvalue weighted by Crippen LogP contribution is -2.22. The van der Waals surface area contributed by atoms with Gasteiger partial charge in [0.05, 0.1) is 0 Å². The second-order valence-corrected chi connectivity index (χ2v) is 5.04. The molecule has 1 atom stereocenters. The first-order chi connectivity index (χ1) is 6.54. The van der Waals surface area contributed by atoms with Crippen molar-refractivity contribution in [2.24, 2.45) is 11.3 Å². The van der Waals surface area contributed by atoms with Gasteiger partial charge in [-0.05, 0) is 12.3 Å². The van der Waals surface area contributed by atoms with Gasteiger partial charge in [0.25, 0.3) is 0 Å². The fourth-order valence-electron chi connectivity index (χ4n) is 1.54. The molecule has 1 heteroatoms. The first-order valence-electron chi connectivity index (χ1n) is 6.01. The van der Waals surface area contributed by atoms with Gasteiger partial charge < -0.3 is 4.79 Å². The molecule has 0 spiro atoms. The zero-order valence-corrected chi connectivity index (χ0v) is 10.3. The minimum Gasteiger partial charge on any atom is -0.303 e. The molecule has 0 amide bonds. The monoisotopic (exact) mass is 198 g/mol. The maximum absolute atomic E-state index is 10.8. The highest BCUT2D eigenvalue weighted by Gasteiger charge is 2.24. The summed E-state index contributed by atoms with van der Waals surface area (Å²) >= 11 is 0. The number of carbonyl (C=O) groups excluding carboxylic acids is 1. The second-order valence-electron chi connectivity index (χ2n) is 5.04. The molecular formula is C13H26O. The normalized spacial score (nSPS) is 14.0. The Bertz CT molecular complexity index is 149. The minimum atomic E-state index is -0.134. The number of rotatable bonds is 8. The second kappa shape index (κ2) is 7.03. The topological polar surface area (TPSA) is 17.1 Å². The Kier molecular flexibility index (Phi) is 6.86. The average molecular weight is 198 g/mol. The molecule has 0 heterocycles. The van der Waals surface area contributed by atoms with Crippen LogP contribution in [0.3, 0.4) is 0 Å². The number of unbranched alkanes of at least 4 members (excludes halogenated alkanes) is 4. The highest BCUT2D eigenvalue weighted by Crippen LogP contribution is 2.28. The van der Waals surface area contributed by atoms with Crippen molar-refractivity contribution in [2.45, 2.75) is 66.2 Å². The number of hydrogen-bond donors (Lipinski definition) is 0. The molecule has 84 valence electrons. The van der Waals surface area contributed by atoms with E-state index in [1.807, 2.05) is 13.8 Å². The predicted molar refractivity (Wildman–Crippen MR) is 62.4 cm³/mol. The predicted octanol–water partition coefficient (Wildman–Crippen LogP) is 4.21. The first kappa shape index (κ1) is 13.7. The van der Waals surface area contributed by atoms with Crippen LogP contribution in [0.25, 0.3) is 0 Å². The highest BCUT2D eigenvalue weighted by atomic mass is 16.1. The van der Waals surface area contributed by atoms with Gasteiger partial charge in [-0.2, -0.15) is 0 Å². The summed E-state index contributed by atoms with van der Waals surface area (Å²) in [5.41, 5.74) is -0.134. The standard InChI is InChI=1S/C13H26O/c1-5-6-7-8-9-10-12(2)13(3,4)11-14/h11-12H,5-10H2,1-4H3. The molecule has 0 fully saturated rings. The zero-order valence-electron chi connectivity index (χ0n) is 10.3. The van der Waals surface area contributed by atoms with E-state index in [0.29, 0.717) is 5.92 Å². The van der Waals surface area contributed by atoms with Crippen LogP contribution in [0.15, 0.2) is 0 Å². The SMILES string of the molecule is CCCCCCCC(C)C(C)(C)C=O. The molecule has 0 aromatic heterocycles. The third-order valence-corrected chi connectivity index (χ3v) is 3.31. The maximum Gasteiger partial charge on any atom is 0.125 e. The molecule has 0 saturated heterocycles. The lowest BCUT2D eigenvalue weighted by molar-refractivity contribution is -0.116. The van der Waals surface area contributed by atoms with Crippen LogP contribution >= 0.6 is 0 Å². The number of aldehydes is 1. The van der Waals surface area contributed by atoms with Crippen LogP contribution in [0.4, 0.5) is 0 Å². The third kappa shape index (κ3) is 5.41. The van der Waals surface area contributed by atoms with Gasteiger partial charge in [-0.1, -0.05) is 59.8 Å². The summed E-state index contributed by atoms with van der Waals surface area (Å²) in [6.45, 7) is 8.50. The van der Waals surface area contributed by atoms with E-state index in [-0.39, 0.29) is 5.41 Å². The number of hydrogen-bond acceptors (Lipinski definition) is 1. The fourth-order valence-corrected chi connectivity index (χ4v) is 1.54. The fraction of sp³-hybridized carbons (Fsp3) is 0.923. The third-order valence-electron chi connectivity index (χ3n) is 3.31. The Morgan fingerprint density at radius 2 is 1.71 bits per heavy atom. The van der Waals surface area contributed by atoms with Gasteiger partial charge in [0.2, 0.25) is 0 Å². The molecule has 0 aliphatic rings. The van der Waals surface area contributed by atoms with E-state index in [1.54, 1.807) is 0 Å².